The number of halogens is 1. The predicted molar refractivity (Wildman–Crippen MR) is 140 cm³/mol. The Morgan fingerprint density at radius 3 is 2.38 bits per heavy atom. The molecule has 0 spiro atoms. The van der Waals surface area contributed by atoms with Gasteiger partial charge < -0.3 is 29.4 Å². The molecule has 0 radical (unpaired) electrons. The molecule has 0 saturated carbocycles. The number of imidazole rings is 1. The number of ether oxygens (including phenoxy) is 3. The summed E-state index contributed by atoms with van der Waals surface area (Å²) in [7, 11) is 0. The van der Waals surface area contributed by atoms with Gasteiger partial charge in [0, 0.05) is 5.56 Å². The standard InChI is InChI=1S/C28H28ClN3O5/c1-27(2,34)18-9-7-16(8-10-18)15-3-5-17(6-4-15)19-11-21-22(12-20(19)29)32-26(31-21)37-24-14-35-25-23(33)13-36-28(24,25)30/h3-12,23-25,33-34H,13-14,30H2,1-2H3,(H,31,32). The number of aromatic amines is 1. The number of nitrogens with one attached hydrogen (secondary N) is 1. The zero-order valence-electron chi connectivity index (χ0n) is 20.4. The molecule has 2 aliphatic heterocycles. The largest absolute Gasteiger partial charge is 0.454 e. The van der Waals surface area contributed by atoms with Crippen molar-refractivity contribution >= 4 is 22.6 Å². The molecule has 1 aromatic heterocycles. The third-order valence-corrected chi connectivity index (χ3v) is 7.46. The first kappa shape index (κ1) is 24.4. The van der Waals surface area contributed by atoms with Crippen LogP contribution in [0.25, 0.3) is 33.3 Å². The summed E-state index contributed by atoms with van der Waals surface area (Å²) in [5, 5.41) is 20.8. The maximum atomic E-state index is 10.2. The van der Waals surface area contributed by atoms with Crippen molar-refractivity contribution in [1.29, 1.82) is 0 Å². The normalized spacial score (nSPS) is 25.5. The first-order chi connectivity index (χ1) is 17.6. The Morgan fingerprint density at radius 2 is 1.70 bits per heavy atom. The van der Waals surface area contributed by atoms with E-state index in [9.17, 15) is 10.2 Å². The number of nitrogens with two attached hydrogens (primary N) is 1. The van der Waals surface area contributed by atoms with E-state index < -0.39 is 29.6 Å². The Morgan fingerprint density at radius 1 is 1.05 bits per heavy atom. The molecule has 3 heterocycles. The van der Waals surface area contributed by atoms with Crippen LogP contribution in [-0.4, -0.2) is 57.4 Å². The first-order valence-corrected chi connectivity index (χ1v) is 12.5. The van der Waals surface area contributed by atoms with Crippen LogP contribution in [0.5, 0.6) is 6.01 Å². The van der Waals surface area contributed by atoms with Crippen molar-refractivity contribution in [1.82, 2.24) is 9.97 Å². The molecule has 4 aromatic rings. The number of hydrogen-bond acceptors (Lipinski definition) is 7. The summed E-state index contributed by atoms with van der Waals surface area (Å²) in [4.78, 5) is 7.71. The van der Waals surface area contributed by atoms with Crippen molar-refractivity contribution in [2.24, 2.45) is 5.73 Å². The second-order valence-electron chi connectivity index (χ2n) is 10.2. The van der Waals surface area contributed by atoms with Crippen LogP contribution < -0.4 is 10.5 Å². The molecule has 192 valence electrons. The lowest BCUT2D eigenvalue weighted by Gasteiger charge is -2.27. The summed E-state index contributed by atoms with van der Waals surface area (Å²) in [6, 6.07) is 20.0. The van der Waals surface area contributed by atoms with Gasteiger partial charge in [0.1, 0.15) is 12.2 Å². The second-order valence-corrected chi connectivity index (χ2v) is 10.6. The van der Waals surface area contributed by atoms with Gasteiger partial charge in [-0.1, -0.05) is 60.1 Å². The van der Waals surface area contributed by atoms with Gasteiger partial charge in [-0.25, -0.2) is 0 Å². The van der Waals surface area contributed by atoms with E-state index in [1.54, 1.807) is 13.8 Å². The second kappa shape index (κ2) is 8.80. The van der Waals surface area contributed by atoms with Gasteiger partial charge in [-0.05, 0) is 48.2 Å². The third kappa shape index (κ3) is 4.29. The van der Waals surface area contributed by atoms with Crippen LogP contribution in [0.4, 0.5) is 0 Å². The molecule has 0 aliphatic carbocycles. The van der Waals surface area contributed by atoms with Gasteiger partial charge in [-0.15, -0.1) is 0 Å². The molecule has 2 aliphatic rings. The summed E-state index contributed by atoms with van der Waals surface area (Å²) in [5.74, 6) is 0. The van der Waals surface area contributed by atoms with E-state index >= 15 is 0 Å². The minimum Gasteiger partial charge on any atom is -0.454 e. The van der Waals surface area contributed by atoms with E-state index in [0.717, 1.165) is 33.3 Å². The lowest BCUT2D eigenvalue weighted by atomic mass is 9.95. The van der Waals surface area contributed by atoms with Crippen molar-refractivity contribution in [3.8, 4) is 28.3 Å². The van der Waals surface area contributed by atoms with E-state index in [1.165, 1.54) is 0 Å². The van der Waals surface area contributed by atoms with E-state index in [-0.39, 0.29) is 19.2 Å². The molecule has 37 heavy (non-hydrogen) atoms. The monoisotopic (exact) mass is 521 g/mol. The summed E-state index contributed by atoms with van der Waals surface area (Å²) < 4.78 is 17.2. The molecule has 2 saturated heterocycles. The van der Waals surface area contributed by atoms with Crippen LogP contribution in [0.1, 0.15) is 19.4 Å². The smallest absolute Gasteiger partial charge is 0.295 e. The van der Waals surface area contributed by atoms with Crippen LogP contribution in [0.3, 0.4) is 0 Å². The zero-order chi connectivity index (χ0) is 25.9. The highest BCUT2D eigenvalue weighted by atomic mass is 35.5. The number of hydrogen-bond donors (Lipinski definition) is 4. The summed E-state index contributed by atoms with van der Waals surface area (Å²) in [5.41, 5.74) is 10.4. The van der Waals surface area contributed by atoms with E-state index in [1.807, 2.05) is 60.7 Å². The lowest BCUT2D eigenvalue weighted by molar-refractivity contribution is -0.0647. The highest BCUT2D eigenvalue weighted by Crippen LogP contribution is 2.37. The quantitative estimate of drug-likeness (QED) is 0.313. The molecule has 4 unspecified atom stereocenters. The fraction of sp³-hybridized carbons (Fsp3) is 0.321. The third-order valence-electron chi connectivity index (χ3n) is 7.15. The molecule has 9 heteroatoms. The van der Waals surface area contributed by atoms with Crippen molar-refractivity contribution in [2.45, 2.75) is 43.5 Å². The van der Waals surface area contributed by atoms with Crippen LogP contribution in [-0.2, 0) is 15.1 Å². The SMILES string of the molecule is CC(C)(O)c1ccc(-c2ccc(-c3cc4nc(OC5COC6C(O)COC56N)[nH]c4cc3Cl)cc2)cc1. The van der Waals surface area contributed by atoms with Gasteiger partial charge in [0.15, 0.2) is 11.8 Å². The molecule has 5 N–H and O–H groups in total. The predicted octanol–water partition coefficient (Wildman–Crippen LogP) is 3.97. The Hall–Kier alpha value is -2.98. The van der Waals surface area contributed by atoms with Gasteiger partial charge in [-0.3, -0.25) is 5.73 Å². The highest BCUT2D eigenvalue weighted by molar-refractivity contribution is 6.34. The molecule has 8 nitrogen and oxygen atoms in total. The van der Waals surface area contributed by atoms with Gasteiger partial charge in [0.2, 0.25) is 0 Å². The van der Waals surface area contributed by atoms with Crippen molar-refractivity contribution < 1.29 is 24.4 Å². The molecule has 6 rings (SSSR count). The summed E-state index contributed by atoms with van der Waals surface area (Å²) in [6.45, 7) is 3.83. The molecular weight excluding hydrogens is 494 g/mol. The average molecular weight is 522 g/mol. The van der Waals surface area contributed by atoms with Gasteiger partial charge in [0.25, 0.3) is 6.01 Å². The van der Waals surface area contributed by atoms with Gasteiger partial charge in [0.05, 0.1) is 34.9 Å². The van der Waals surface area contributed by atoms with E-state index in [4.69, 9.17) is 31.5 Å². The number of aromatic nitrogens is 2. The maximum Gasteiger partial charge on any atom is 0.295 e. The molecule has 4 atom stereocenters. The minimum absolute atomic E-state index is 0.102. The van der Waals surface area contributed by atoms with Crippen molar-refractivity contribution in [3.05, 3.63) is 71.2 Å². The number of aliphatic hydroxyl groups excluding tert-OH is 1. The van der Waals surface area contributed by atoms with Gasteiger partial charge in [-0.2, -0.15) is 4.98 Å². The number of aliphatic hydroxyl groups is 2. The Bertz CT molecular complexity index is 1450. The molecule has 0 amide bonds. The van der Waals surface area contributed by atoms with Crippen molar-refractivity contribution in [2.75, 3.05) is 13.2 Å². The lowest BCUT2D eigenvalue weighted by Crippen LogP contribution is -2.57. The fourth-order valence-corrected chi connectivity index (χ4v) is 5.27. The number of fused-ring (bicyclic) bond motifs is 2. The Balaban J connectivity index is 1.23. The van der Waals surface area contributed by atoms with Crippen LogP contribution in [0.15, 0.2) is 60.7 Å². The summed E-state index contributed by atoms with van der Waals surface area (Å²) in [6.07, 6.45) is -2.03. The van der Waals surface area contributed by atoms with Crippen LogP contribution >= 0.6 is 11.6 Å². The van der Waals surface area contributed by atoms with E-state index in [0.29, 0.717) is 10.5 Å². The van der Waals surface area contributed by atoms with E-state index in [2.05, 4.69) is 9.97 Å². The molecular formula is C28H28ClN3O5. The van der Waals surface area contributed by atoms with Crippen LogP contribution in [0.2, 0.25) is 5.02 Å². The van der Waals surface area contributed by atoms with Crippen LogP contribution in [0, 0.1) is 0 Å². The minimum atomic E-state index is -1.22. The topological polar surface area (TPSA) is 123 Å². The summed E-state index contributed by atoms with van der Waals surface area (Å²) >= 11 is 6.65. The molecule has 0 bridgehead atoms. The number of rotatable bonds is 5. The molecule has 3 aromatic carbocycles. The van der Waals surface area contributed by atoms with Crippen molar-refractivity contribution in [3.63, 3.8) is 0 Å². The Kier molecular flexibility index (Phi) is 5.80. The first-order valence-electron chi connectivity index (χ1n) is 12.1. The van der Waals surface area contributed by atoms with Gasteiger partial charge >= 0.3 is 0 Å². The fourth-order valence-electron chi connectivity index (χ4n) is 5.00. The highest BCUT2D eigenvalue weighted by Gasteiger charge is 2.59. The zero-order valence-corrected chi connectivity index (χ0v) is 21.2. The molecule has 2 fully saturated rings. The maximum absolute atomic E-state index is 10.2. The number of nitrogens with zero attached hydrogens (tertiary/aromatic N) is 1. The number of benzene rings is 3. The number of H-pyrrole nitrogens is 1. The Labute approximate surface area is 219 Å². The average Bonchev–Trinajstić information content (AvgIpc) is 3.51.